The largest absolute Gasteiger partial charge is 0.385 e. The Labute approximate surface area is 185 Å². The molecule has 0 bridgehead atoms. The summed E-state index contributed by atoms with van der Waals surface area (Å²) in [6.45, 7) is 5.74. The first kappa shape index (κ1) is 23.2. The van der Waals surface area contributed by atoms with Crippen molar-refractivity contribution in [3.05, 3.63) is 64.7 Å². The Hall–Kier alpha value is -1.44. The lowest BCUT2D eigenvalue weighted by atomic mass is 9.84. The predicted molar refractivity (Wildman–Crippen MR) is 121 cm³/mol. The molecule has 2 aromatic rings. The molecule has 1 heterocycles. The van der Waals surface area contributed by atoms with E-state index in [1.807, 2.05) is 12.1 Å². The van der Waals surface area contributed by atoms with Crippen LogP contribution in [0.25, 0.3) is 0 Å². The summed E-state index contributed by atoms with van der Waals surface area (Å²) < 4.78 is 27.3. The van der Waals surface area contributed by atoms with E-state index in [1.54, 1.807) is 12.1 Å². The Kier molecular flexibility index (Phi) is 7.25. The van der Waals surface area contributed by atoms with Crippen LogP contribution in [-0.4, -0.2) is 48.9 Å². The first-order valence-corrected chi connectivity index (χ1v) is 12.3. The van der Waals surface area contributed by atoms with Crippen molar-refractivity contribution in [2.75, 3.05) is 20.1 Å². The van der Waals surface area contributed by atoms with Gasteiger partial charge in [-0.15, -0.1) is 0 Å². The Morgan fingerprint density at radius 1 is 1.17 bits per heavy atom. The van der Waals surface area contributed by atoms with Gasteiger partial charge in [0.1, 0.15) is 0 Å². The molecule has 1 saturated heterocycles. The van der Waals surface area contributed by atoms with Crippen molar-refractivity contribution in [1.82, 2.24) is 9.21 Å². The highest BCUT2D eigenvalue weighted by Crippen LogP contribution is 2.35. The molecule has 0 spiro atoms. The van der Waals surface area contributed by atoms with Gasteiger partial charge in [-0.05, 0) is 68.6 Å². The summed E-state index contributed by atoms with van der Waals surface area (Å²) >= 11 is 5.88. The minimum absolute atomic E-state index is 0.229. The molecule has 1 unspecified atom stereocenters. The Morgan fingerprint density at radius 2 is 1.80 bits per heavy atom. The molecule has 1 fully saturated rings. The molecule has 0 aromatic heterocycles. The summed E-state index contributed by atoms with van der Waals surface area (Å²) in [4.78, 5) is 2.53. The summed E-state index contributed by atoms with van der Waals surface area (Å²) in [5, 5.41) is 11.8. The third-order valence-electron chi connectivity index (χ3n) is 6.24. The summed E-state index contributed by atoms with van der Waals surface area (Å²) in [5.74, 6) is 0. The molecule has 1 aliphatic heterocycles. The highest BCUT2D eigenvalue weighted by molar-refractivity contribution is 7.89. The van der Waals surface area contributed by atoms with E-state index in [1.165, 1.54) is 16.4 Å². The van der Waals surface area contributed by atoms with Gasteiger partial charge in [0.25, 0.3) is 0 Å². The molecular formula is C23H31ClN2O3S. The van der Waals surface area contributed by atoms with E-state index in [2.05, 4.69) is 37.9 Å². The second-order valence-corrected chi connectivity index (χ2v) is 10.6. The Morgan fingerprint density at radius 3 is 2.40 bits per heavy atom. The van der Waals surface area contributed by atoms with Crippen molar-refractivity contribution >= 4 is 21.6 Å². The number of hydrogen-bond donors (Lipinski definition) is 1. The molecule has 1 N–H and O–H groups in total. The van der Waals surface area contributed by atoms with Crippen molar-refractivity contribution in [1.29, 1.82) is 0 Å². The standard InChI is InChI=1S/C23H31ClN2O3S/c1-4-18(2)25(3)17-19-6-5-7-20(16-19)23(27)12-14-26(15-13-23)30(28,29)22-10-8-21(24)9-11-22/h5-11,16,18,27H,4,12-15,17H2,1-3H3. The third-order valence-corrected chi connectivity index (χ3v) is 8.41. The van der Waals surface area contributed by atoms with Crippen LogP contribution in [0, 0.1) is 0 Å². The number of rotatable bonds is 7. The molecule has 5 nitrogen and oxygen atoms in total. The van der Waals surface area contributed by atoms with Crippen molar-refractivity contribution < 1.29 is 13.5 Å². The van der Waals surface area contributed by atoms with Crippen LogP contribution in [0.5, 0.6) is 0 Å². The van der Waals surface area contributed by atoms with Crippen LogP contribution >= 0.6 is 11.6 Å². The maximum Gasteiger partial charge on any atom is 0.243 e. The average molecular weight is 451 g/mol. The van der Waals surface area contributed by atoms with Gasteiger partial charge in [0, 0.05) is 30.7 Å². The summed E-state index contributed by atoms with van der Waals surface area (Å²) in [6.07, 6.45) is 1.81. The zero-order valence-corrected chi connectivity index (χ0v) is 19.5. The fraction of sp³-hybridized carbons (Fsp3) is 0.478. The monoisotopic (exact) mass is 450 g/mol. The molecule has 2 aromatic carbocycles. The second-order valence-electron chi connectivity index (χ2n) is 8.26. The lowest BCUT2D eigenvalue weighted by Gasteiger charge is -2.38. The van der Waals surface area contributed by atoms with E-state index in [9.17, 15) is 13.5 Å². The second kappa shape index (κ2) is 9.37. The summed E-state index contributed by atoms with van der Waals surface area (Å²) in [5.41, 5.74) is 0.998. The van der Waals surface area contributed by atoms with Crippen molar-refractivity contribution in [3.63, 3.8) is 0 Å². The Bertz CT molecular complexity index is 955. The predicted octanol–water partition coefficient (Wildman–Crippen LogP) is 4.24. The molecule has 1 atom stereocenters. The Balaban J connectivity index is 1.71. The van der Waals surface area contributed by atoms with Gasteiger partial charge in [0.15, 0.2) is 0 Å². The number of aliphatic hydroxyl groups is 1. The molecule has 0 radical (unpaired) electrons. The molecule has 30 heavy (non-hydrogen) atoms. The molecule has 0 aliphatic carbocycles. The van der Waals surface area contributed by atoms with E-state index in [0.717, 1.165) is 24.1 Å². The van der Waals surface area contributed by atoms with E-state index in [4.69, 9.17) is 11.6 Å². The number of halogens is 1. The highest BCUT2D eigenvalue weighted by atomic mass is 35.5. The maximum absolute atomic E-state index is 12.9. The van der Waals surface area contributed by atoms with Crippen LogP contribution in [0.1, 0.15) is 44.2 Å². The van der Waals surface area contributed by atoms with Crippen molar-refractivity contribution in [3.8, 4) is 0 Å². The lowest BCUT2D eigenvalue weighted by Crippen LogP contribution is -2.45. The average Bonchev–Trinajstić information content (AvgIpc) is 2.74. The number of sulfonamides is 1. The van der Waals surface area contributed by atoms with Gasteiger partial charge in [-0.25, -0.2) is 8.42 Å². The minimum atomic E-state index is -3.59. The summed E-state index contributed by atoms with van der Waals surface area (Å²) in [7, 11) is -1.48. The van der Waals surface area contributed by atoms with Crippen molar-refractivity contribution in [2.24, 2.45) is 0 Å². The first-order chi connectivity index (χ1) is 14.2. The van der Waals surface area contributed by atoms with E-state index in [0.29, 0.717) is 23.9 Å². The SMILES string of the molecule is CCC(C)N(C)Cc1cccc(C2(O)CCN(S(=O)(=O)c3ccc(Cl)cc3)CC2)c1. The van der Waals surface area contributed by atoms with Gasteiger partial charge in [-0.2, -0.15) is 4.31 Å². The van der Waals surface area contributed by atoms with E-state index in [-0.39, 0.29) is 18.0 Å². The minimum Gasteiger partial charge on any atom is -0.385 e. The molecule has 0 saturated carbocycles. The molecular weight excluding hydrogens is 420 g/mol. The van der Waals surface area contributed by atoms with E-state index >= 15 is 0 Å². The number of benzene rings is 2. The van der Waals surface area contributed by atoms with Gasteiger partial charge in [-0.3, -0.25) is 4.90 Å². The van der Waals surface area contributed by atoms with Crippen LogP contribution in [0.2, 0.25) is 5.02 Å². The molecule has 1 aliphatic rings. The highest BCUT2D eigenvalue weighted by Gasteiger charge is 2.38. The normalized spacial score (nSPS) is 18.5. The fourth-order valence-electron chi connectivity index (χ4n) is 3.86. The van der Waals surface area contributed by atoms with Gasteiger partial charge in [0.05, 0.1) is 10.5 Å². The zero-order chi connectivity index (χ0) is 21.9. The van der Waals surface area contributed by atoms with Crippen LogP contribution < -0.4 is 0 Å². The van der Waals surface area contributed by atoms with Gasteiger partial charge in [-0.1, -0.05) is 42.8 Å². The molecule has 0 amide bonds. The van der Waals surface area contributed by atoms with Gasteiger partial charge in [0.2, 0.25) is 10.0 Å². The fourth-order valence-corrected chi connectivity index (χ4v) is 5.42. The molecule has 7 heteroatoms. The summed E-state index contributed by atoms with van der Waals surface area (Å²) in [6, 6.07) is 14.7. The third kappa shape index (κ3) is 5.06. The van der Waals surface area contributed by atoms with Gasteiger partial charge < -0.3 is 5.11 Å². The number of nitrogens with zero attached hydrogens (tertiary/aromatic N) is 2. The van der Waals surface area contributed by atoms with Crippen LogP contribution in [0.15, 0.2) is 53.4 Å². The topological polar surface area (TPSA) is 60.9 Å². The molecule has 3 rings (SSSR count). The number of piperidine rings is 1. The zero-order valence-electron chi connectivity index (χ0n) is 17.9. The van der Waals surface area contributed by atoms with E-state index < -0.39 is 15.6 Å². The van der Waals surface area contributed by atoms with Crippen LogP contribution in [-0.2, 0) is 22.2 Å². The smallest absolute Gasteiger partial charge is 0.243 e. The van der Waals surface area contributed by atoms with Crippen LogP contribution in [0.3, 0.4) is 0 Å². The van der Waals surface area contributed by atoms with Crippen molar-refractivity contribution in [2.45, 2.75) is 56.2 Å². The van der Waals surface area contributed by atoms with Crippen LogP contribution in [0.4, 0.5) is 0 Å². The quantitative estimate of drug-likeness (QED) is 0.685. The maximum atomic E-state index is 12.9. The lowest BCUT2D eigenvalue weighted by molar-refractivity contribution is -0.00971. The molecule has 164 valence electrons. The first-order valence-electron chi connectivity index (χ1n) is 10.4. The number of hydrogen-bond acceptors (Lipinski definition) is 4. The van der Waals surface area contributed by atoms with Gasteiger partial charge >= 0.3 is 0 Å².